The number of H-pyrrole nitrogens is 1. The van der Waals surface area contributed by atoms with Crippen LogP contribution >= 0.6 is 0 Å². The molecule has 0 spiro atoms. The van der Waals surface area contributed by atoms with Crippen LogP contribution < -0.4 is 0 Å². The third-order valence-electron chi connectivity index (χ3n) is 3.77. The van der Waals surface area contributed by atoms with Gasteiger partial charge in [-0.05, 0) is 18.2 Å². The summed E-state index contributed by atoms with van der Waals surface area (Å²) in [5.41, 5.74) is 1.27. The Morgan fingerprint density at radius 3 is 2.62 bits per heavy atom. The molecule has 4 aromatic rings. The number of nitrogens with one attached hydrogen (secondary N) is 1. The van der Waals surface area contributed by atoms with E-state index in [0.29, 0.717) is 5.56 Å². The van der Waals surface area contributed by atoms with Gasteiger partial charge in [0.2, 0.25) is 5.89 Å². The Hall–Kier alpha value is -3.41. The average molecular weight is 322 g/mol. The van der Waals surface area contributed by atoms with Crippen molar-refractivity contribution in [3.63, 3.8) is 0 Å². The Morgan fingerprint density at radius 1 is 1.08 bits per heavy atom. The fourth-order valence-electron chi connectivity index (χ4n) is 2.66. The van der Waals surface area contributed by atoms with Crippen LogP contribution in [-0.4, -0.2) is 21.0 Å². The van der Waals surface area contributed by atoms with Crippen molar-refractivity contribution in [2.24, 2.45) is 0 Å². The van der Waals surface area contributed by atoms with Crippen molar-refractivity contribution in [2.75, 3.05) is 0 Å². The van der Waals surface area contributed by atoms with Crippen LogP contribution in [0.1, 0.15) is 10.5 Å². The quantitative estimate of drug-likeness (QED) is 0.588. The molecular weight excluding hydrogens is 311 g/mol. The molecule has 6 heteroatoms. The van der Waals surface area contributed by atoms with Gasteiger partial charge in [0, 0.05) is 22.7 Å². The van der Waals surface area contributed by atoms with Crippen molar-refractivity contribution < 1.29 is 18.7 Å². The van der Waals surface area contributed by atoms with Crippen LogP contribution in [0.2, 0.25) is 0 Å². The molecule has 0 unspecified atom stereocenters. The van der Waals surface area contributed by atoms with Crippen LogP contribution in [0.5, 0.6) is 0 Å². The molecule has 0 aliphatic rings. The summed E-state index contributed by atoms with van der Waals surface area (Å²) in [4.78, 5) is 18.6. The van der Waals surface area contributed by atoms with Gasteiger partial charge < -0.3 is 14.5 Å². The number of fused-ring (bicyclic) bond motifs is 1. The smallest absolute Gasteiger partial charge is 0.358 e. The molecule has 118 valence electrons. The molecule has 0 amide bonds. The van der Waals surface area contributed by atoms with E-state index in [2.05, 4.69) is 9.97 Å². The summed E-state index contributed by atoms with van der Waals surface area (Å²) >= 11 is 0. The standard InChI is InChI=1S/C18H11FN2O3/c19-13-7-3-1-6-11(13)17-21-15(18(22)23)16(24-17)12-9-20-14-8-4-2-5-10(12)14/h1-9,20H,(H,22,23). The van der Waals surface area contributed by atoms with Gasteiger partial charge in [0.15, 0.2) is 11.5 Å². The topological polar surface area (TPSA) is 79.1 Å². The summed E-state index contributed by atoms with van der Waals surface area (Å²) in [5.74, 6) is -1.73. The van der Waals surface area contributed by atoms with Crippen LogP contribution in [0.3, 0.4) is 0 Å². The van der Waals surface area contributed by atoms with Crippen LogP contribution in [0.4, 0.5) is 4.39 Å². The molecule has 0 atom stereocenters. The second-order valence-electron chi connectivity index (χ2n) is 5.23. The fourth-order valence-corrected chi connectivity index (χ4v) is 2.66. The highest BCUT2D eigenvalue weighted by Crippen LogP contribution is 2.35. The Balaban J connectivity index is 1.96. The van der Waals surface area contributed by atoms with Crippen molar-refractivity contribution >= 4 is 16.9 Å². The first-order chi connectivity index (χ1) is 11.6. The first-order valence-corrected chi connectivity index (χ1v) is 7.20. The third-order valence-corrected chi connectivity index (χ3v) is 3.77. The predicted molar refractivity (Wildman–Crippen MR) is 86.1 cm³/mol. The molecule has 0 bridgehead atoms. The normalized spacial score (nSPS) is 11.0. The summed E-state index contributed by atoms with van der Waals surface area (Å²) in [6.07, 6.45) is 1.66. The van der Waals surface area contributed by atoms with Crippen molar-refractivity contribution in [1.82, 2.24) is 9.97 Å². The van der Waals surface area contributed by atoms with Crippen molar-refractivity contribution in [1.29, 1.82) is 0 Å². The number of carboxylic acids is 1. The zero-order chi connectivity index (χ0) is 16.7. The van der Waals surface area contributed by atoms with Crippen LogP contribution in [0.15, 0.2) is 59.1 Å². The minimum Gasteiger partial charge on any atom is -0.476 e. The van der Waals surface area contributed by atoms with Gasteiger partial charge in [0.05, 0.1) is 5.56 Å². The Bertz CT molecular complexity index is 1070. The van der Waals surface area contributed by atoms with E-state index in [1.54, 1.807) is 18.3 Å². The molecule has 0 aliphatic heterocycles. The van der Waals surface area contributed by atoms with E-state index in [9.17, 15) is 14.3 Å². The number of carbonyl (C=O) groups is 1. The maximum atomic E-state index is 14.0. The molecule has 2 aromatic heterocycles. The van der Waals surface area contributed by atoms with Gasteiger partial charge >= 0.3 is 5.97 Å². The van der Waals surface area contributed by atoms with Crippen LogP contribution in [0, 0.1) is 5.82 Å². The van der Waals surface area contributed by atoms with E-state index in [1.165, 1.54) is 12.1 Å². The average Bonchev–Trinajstić information content (AvgIpc) is 3.19. The number of aromatic nitrogens is 2. The zero-order valence-corrected chi connectivity index (χ0v) is 12.3. The number of nitrogens with zero attached hydrogens (tertiary/aromatic N) is 1. The summed E-state index contributed by atoms with van der Waals surface area (Å²) in [7, 11) is 0. The minimum atomic E-state index is -1.23. The summed E-state index contributed by atoms with van der Waals surface area (Å²) < 4.78 is 19.6. The molecule has 0 radical (unpaired) electrons. The first-order valence-electron chi connectivity index (χ1n) is 7.20. The van der Waals surface area contributed by atoms with E-state index in [4.69, 9.17) is 4.42 Å². The summed E-state index contributed by atoms with van der Waals surface area (Å²) in [6, 6.07) is 13.4. The van der Waals surface area contributed by atoms with Crippen LogP contribution in [-0.2, 0) is 0 Å². The van der Waals surface area contributed by atoms with Crippen molar-refractivity contribution in [2.45, 2.75) is 0 Å². The second-order valence-corrected chi connectivity index (χ2v) is 5.23. The highest BCUT2D eigenvalue weighted by molar-refractivity contribution is 6.00. The fraction of sp³-hybridized carbons (Fsp3) is 0. The number of aromatic amines is 1. The molecular formula is C18H11FN2O3. The number of oxazole rings is 1. The van der Waals surface area contributed by atoms with E-state index < -0.39 is 11.8 Å². The molecule has 2 aromatic carbocycles. The summed E-state index contributed by atoms with van der Waals surface area (Å²) in [5, 5.41) is 10.2. The third kappa shape index (κ3) is 2.16. The van der Waals surface area contributed by atoms with Gasteiger partial charge in [-0.2, -0.15) is 0 Å². The number of benzene rings is 2. The van der Waals surface area contributed by atoms with Gasteiger partial charge in [0.25, 0.3) is 0 Å². The van der Waals surface area contributed by atoms with Crippen molar-refractivity contribution in [3.05, 3.63) is 66.2 Å². The molecule has 2 heterocycles. The minimum absolute atomic E-state index is 0.0641. The monoisotopic (exact) mass is 322 g/mol. The van der Waals surface area contributed by atoms with Crippen LogP contribution in [0.25, 0.3) is 33.7 Å². The number of para-hydroxylation sites is 1. The highest BCUT2D eigenvalue weighted by atomic mass is 19.1. The lowest BCUT2D eigenvalue weighted by atomic mass is 10.1. The molecule has 24 heavy (non-hydrogen) atoms. The molecule has 5 nitrogen and oxygen atoms in total. The first kappa shape index (κ1) is 14.2. The number of halogens is 1. The lowest BCUT2D eigenvalue weighted by Crippen LogP contribution is -1.98. The van der Waals surface area contributed by atoms with Gasteiger partial charge in [-0.1, -0.05) is 30.3 Å². The molecule has 0 fully saturated rings. The SMILES string of the molecule is O=C(O)c1nc(-c2ccccc2F)oc1-c1c[nH]c2ccccc12. The Kier molecular flexibility index (Phi) is 3.16. The number of hydrogen-bond donors (Lipinski definition) is 2. The van der Waals surface area contributed by atoms with Gasteiger partial charge in [-0.3, -0.25) is 0 Å². The molecule has 0 aliphatic carbocycles. The number of hydrogen-bond acceptors (Lipinski definition) is 3. The van der Waals surface area contributed by atoms with E-state index >= 15 is 0 Å². The Labute approximate surface area is 135 Å². The second kappa shape index (κ2) is 5.34. The van der Waals surface area contributed by atoms with Gasteiger partial charge in [-0.25, -0.2) is 14.2 Å². The number of rotatable bonds is 3. The molecule has 4 rings (SSSR count). The summed E-state index contributed by atoms with van der Waals surface area (Å²) in [6.45, 7) is 0. The lowest BCUT2D eigenvalue weighted by Gasteiger charge is -1.97. The lowest BCUT2D eigenvalue weighted by molar-refractivity contribution is 0.0691. The van der Waals surface area contributed by atoms with E-state index in [-0.39, 0.29) is 22.9 Å². The number of aromatic carboxylic acids is 1. The maximum absolute atomic E-state index is 14.0. The number of carboxylic acid groups (broad SMARTS) is 1. The van der Waals surface area contributed by atoms with Gasteiger partial charge in [-0.15, -0.1) is 0 Å². The zero-order valence-electron chi connectivity index (χ0n) is 12.3. The van der Waals surface area contributed by atoms with E-state index in [1.807, 2.05) is 24.3 Å². The molecule has 0 saturated heterocycles. The van der Waals surface area contributed by atoms with Gasteiger partial charge in [0.1, 0.15) is 5.82 Å². The maximum Gasteiger partial charge on any atom is 0.358 e. The van der Waals surface area contributed by atoms with E-state index in [0.717, 1.165) is 10.9 Å². The van der Waals surface area contributed by atoms with Crippen molar-refractivity contribution in [3.8, 4) is 22.8 Å². The largest absolute Gasteiger partial charge is 0.476 e. The molecule has 0 saturated carbocycles. The predicted octanol–water partition coefficient (Wildman–Crippen LogP) is 4.33. The Morgan fingerprint density at radius 2 is 1.83 bits per heavy atom. The highest BCUT2D eigenvalue weighted by Gasteiger charge is 2.24. The molecule has 2 N–H and O–H groups in total.